The van der Waals surface area contributed by atoms with E-state index < -0.39 is 0 Å². The van der Waals surface area contributed by atoms with E-state index in [4.69, 9.17) is 14.2 Å². The fraction of sp³-hybridized carbons (Fsp3) is 0.333. The summed E-state index contributed by atoms with van der Waals surface area (Å²) in [6.07, 6.45) is 96.7. The van der Waals surface area contributed by atoms with Crippen LogP contribution in [-0.2, 0) is 14.9 Å². The minimum atomic E-state index is -0.328. The molecule has 0 amide bonds. The Morgan fingerprint density at radius 3 is 2.15 bits per heavy atom. The minimum absolute atomic E-state index is 0.00155. The Morgan fingerprint density at radius 1 is 0.550 bits per heavy atom. The quantitative estimate of drug-likeness (QED) is 0.119. The molecule has 13 atom stereocenters. The molecule has 0 aromatic heterocycles. The van der Waals surface area contributed by atoms with Crippen molar-refractivity contribution < 1.29 is 23.0 Å². The van der Waals surface area contributed by atoms with Crippen molar-refractivity contribution in [3.05, 3.63) is 381 Å². The minimum Gasteiger partial charge on any atom is -0.485 e. The predicted octanol–water partition coefficient (Wildman–Crippen LogP) is 25.2. The maximum absolute atomic E-state index is 15.3. The number of nitrogens with zero attached hydrogens (tertiary/aromatic N) is 2. The van der Waals surface area contributed by atoms with Gasteiger partial charge >= 0.3 is 0 Å². The third-order valence-corrected chi connectivity index (χ3v) is 26.9. The summed E-state index contributed by atoms with van der Waals surface area (Å²) in [7, 11) is 0. The highest BCUT2D eigenvalue weighted by atomic mass is 19.1. The maximum Gasteiger partial charge on any atom is 0.128 e. The first-order valence-corrected chi connectivity index (χ1v) is 41.2. The molecule has 0 saturated heterocycles. The Balaban J connectivity index is 0.638. The summed E-state index contributed by atoms with van der Waals surface area (Å²) in [5, 5.41) is 0. The number of fused-ring (bicyclic) bond motifs is 6. The van der Waals surface area contributed by atoms with Crippen LogP contribution in [-0.4, -0.2) is 41.5 Å². The molecule has 0 N–H and O–H groups in total. The average molecular weight is 1440 g/mol. The first kappa shape index (κ1) is 69.8. The lowest BCUT2D eigenvalue weighted by atomic mass is 9.56. The lowest BCUT2D eigenvalue weighted by Crippen LogP contribution is -2.44. The zero-order valence-corrected chi connectivity index (χ0v) is 62.8. The van der Waals surface area contributed by atoms with E-state index in [-0.39, 0.29) is 76.8 Å². The van der Waals surface area contributed by atoms with Crippen LogP contribution >= 0.6 is 0 Å². The highest BCUT2D eigenvalue weighted by Gasteiger charge is 2.55. The molecule has 109 heavy (non-hydrogen) atoms. The number of halogens is 2. The van der Waals surface area contributed by atoms with Crippen LogP contribution in [0.15, 0.2) is 353 Å². The third kappa shape index (κ3) is 12.7. The molecule has 1 aliphatic heterocycles. The van der Waals surface area contributed by atoms with E-state index in [1.807, 2.05) is 30.4 Å². The molecule has 1 heterocycles. The second kappa shape index (κ2) is 29.6. The van der Waals surface area contributed by atoms with Crippen LogP contribution < -0.4 is 9.64 Å². The van der Waals surface area contributed by atoms with Gasteiger partial charge < -0.3 is 24.0 Å². The van der Waals surface area contributed by atoms with Crippen LogP contribution in [0.1, 0.15) is 169 Å². The van der Waals surface area contributed by atoms with Crippen LogP contribution in [0, 0.1) is 29.0 Å². The maximum atomic E-state index is 15.3. The summed E-state index contributed by atoms with van der Waals surface area (Å²) in [4.78, 5) is 4.88. The van der Waals surface area contributed by atoms with Crippen molar-refractivity contribution in [3.8, 4) is 5.75 Å². The van der Waals surface area contributed by atoms with Crippen molar-refractivity contribution in [2.24, 2.45) is 23.2 Å². The smallest absolute Gasteiger partial charge is 0.128 e. The van der Waals surface area contributed by atoms with Gasteiger partial charge in [0.2, 0.25) is 0 Å². The fourth-order valence-corrected chi connectivity index (χ4v) is 21.8. The molecule has 13 unspecified atom stereocenters. The molecular formula is C102H100F2N2O3. The number of hydrogen-bond donors (Lipinski definition) is 0. The summed E-state index contributed by atoms with van der Waals surface area (Å²) in [6, 6.07) is 21.4. The SMILES string of the molecule is C=CC1=CCC(OC2C=CC(C3(C4C=CC=CC4)C4=C(CCC=C4)C4=C3C=C(C3=CC(N(c5ccc(F)cc5)c5ccc6c(c5)C5C=C(N(C7=CC(c8ccc9c(c8)C(C8C=CC=CC8)(C8C=CC(OC%10CC=C(C=C)CC%10)CC8)C8=C9C=CCC8)CC=C7)C7=CC=C(F)CC7)C=CC5O6)CCC3)CC4)=CC2)C=C1. The standard InChI is InChI=1S/C102H100F2N2O3/c1-3-67-29-49-85(50-30-67)107-87-53-35-75(36-54-87)101(73-19-7-5-8-20-73)95-27-13-11-25-89(95)91-57-33-71(63-97(91)101)69-17-15-23-81(61-69)105(79-43-39-77(103)40-44-79)83-47-59-99-93(65-83)94-66-84(48-60-100(94)109-99)106(80-45-41-78(104)42-46-80)82-24-16-18-70(62-82)72-34-58-92-90-26-12-14-28-96(90)102(98(92)64-72,74-21-9-6-10-22-74)76-37-55-88(56-38-76)108-86-51-31-68(4-2)32-52-86/h3-11,14-15,19,21,23,25,28-29,31-33,35,37-39,41-43,45-48,51,53,55,57,59-66,69,73-75,82,85-88,93,99H,1-2,12-13,16-18,20,22,24,26-27,30,34,36,40,44,49-50,52,54,56,58H2. The van der Waals surface area contributed by atoms with Crippen molar-refractivity contribution >= 4 is 16.9 Å². The Bertz CT molecular complexity index is 5030. The first-order valence-electron chi connectivity index (χ1n) is 41.2. The monoisotopic (exact) mass is 1440 g/mol. The van der Waals surface area contributed by atoms with Crippen molar-refractivity contribution in [2.45, 2.75) is 189 Å². The van der Waals surface area contributed by atoms with Gasteiger partial charge in [-0.25, -0.2) is 8.78 Å². The molecule has 0 fully saturated rings. The van der Waals surface area contributed by atoms with Crippen LogP contribution in [0.2, 0.25) is 0 Å². The van der Waals surface area contributed by atoms with Gasteiger partial charge in [-0.2, -0.15) is 0 Å². The van der Waals surface area contributed by atoms with Crippen LogP contribution in [0.3, 0.4) is 0 Å². The van der Waals surface area contributed by atoms with Crippen LogP contribution in [0.5, 0.6) is 5.75 Å². The van der Waals surface area contributed by atoms with Gasteiger partial charge in [-0.15, -0.1) is 0 Å². The summed E-state index contributed by atoms with van der Waals surface area (Å²) < 4.78 is 51.1. The Kier molecular flexibility index (Phi) is 19.0. The molecular weight excluding hydrogens is 1340 g/mol. The molecule has 5 nitrogen and oxygen atoms in total. The Labute approximate surface area is 644 Å². The summed E-state index contributed by atoms with van der Waals surface area (Å²) in [5.41, 5.74) is 25.9. The topological polar surface area (TPSA) is 34.2 Å². The normalized spacial score (nSPS) is 31.5. The molecule has 0 bridgehead atoms. The number of hydrogen-bond acceptors (Lipinski definition) is 5. The lowest BCUT2D eigenvalue weighted by molar-refractivity contribution is -0.00292. The number of allylic oxidation sites excluding steroid dienone is 37. The zero-order valence-electron chi connectivity index (χ0n) is 62.8. The largest absolute Gasteiger partial charge is 0.485 e. The highest BCUT2D eigenvalue weighted by molar-refractivity contribution is 5.88. The molecule has 3 aromatic carbocycles. The summed E-state index contributed by atoms with van der Waals surface area (Å²) in [6.45, 7) is 8.02. The van der Waals surface area contributed by atoms with Gasteiger partial charge in [0, 0.05) is 57.7 Å². The highest BCUT2D eigenvalue weighted by Crippen LogP contribution is 2.65. The zero-order chi connectivity index (χ0) is 73.2. The molecule has 550 valence electrons. The number of ether oxygens (including phenoxy) is 3. The first-order chi connectivity index (χ1) is 53.7. The van der Waals surface area contributed by atoms with E-state index in [9.17, 15) is 0 Å². The van der Waals surface area contributed by atoms with Gasteiger partial charge in [-0.3, -0.25) is 0 Å². The Morgan fingerprint density at radius 2 is 1.38 bits per heavy atom. The van der Waals surface area contributed by atoms with Gasteiger partial charge in [-0.05, 0) is 292 Å². The molecule has 15 aliphatic carbocycles. The molecule has 0 radical (unpaired) electrons. The predicted molar refractivity (Wildman–Crippen MR) is 442 cm³/mol. The van der Waals surface area contributed by atoms with E-state index in [1.165, 1.54) is 55.7 Å². The molecule has 0 saturated carbocycles. The van der Waals surface area contributed by atoms with Crippen molar-refractivity contribution in [3.63, 3.8) is 0 Å². The number of anilines is 2. The second-order valence-electron chi connectivity index (χ2n) is 32.8. The van der Waals surface area contributed by atoms with Crippen molar-refractivity contribution in [2.75, 3.05) is 4.90 Å². The molecule has 3 aromatic rings. The van der Waals surface area contributed by atoms with Crippen LogP contribution in [0.25, 0.3) is 5.57 Å². The van der Waals surface area contributed by atoms with E-state index in [0.29, 0.717) is 24.7 Å². The number of benzene rings is 3. The van der Waals surface area contributed by atoms with Crippen molar-refractivity contribution in [1.82, 2.24) is 4.90 Å². The second-order valence-corrected chi connectivity index (χ2v) is 32.8. The van der Waals surface area contributed by atoms with Crippen molar-refractivity contribution in [1.29, 1.82) is 0 Å². The van der Waals surface area contributed by atoms with Gasteiger partial charge in [0.25, 0.3) is 0 Å². The van der Waals surface area contributed by atoms with Gasteiger partial charge in [0.05, 0.1) is 35.9 Å². The van der Waals surface area contributed by atoms with Gasteiger partial charge in [-0.1, -0.05) is 207 Å². The fourth-order valence-electron chi connectivity index (χ4n) is 21.8. The van der Waals surface area contributed by atoms with E-state index >= 15 is 8.78 Å². The number of rotatable bonds is 18. The average Bonchev–Trinajstić information content (AvgIpc) is 1.55. The van der Waals surface area contributed by atoms with Gasteiger partial charge in [0.15, 0.2) is 0 Å². The summed E-state index contributed by atoms with van der Waals surface area (Å²) in [5.74, 6) is 1.42. The third-order valence-electron chi connectivity index (χ3n) is 26.9. The van der Waals surface area contributed by atoms with E-state index in [2.05, 4.69) is 236 Å². The lowest BCUT2D eigenvalue weighted by Gasteiger charge is -2.47. The Hall–Kier alpha value is -9.66. The summed E-state index contributed by atoms with van der Waals surface area (Å²) >= 11 is 0. The van der Waals surface area contributed by atoms with E-state index in [1.54, 1.807) is 34.9 Å². The van der Waals surface area contributed by atoms with Gasteiger partial charge in [0.1, 0.15) is 23.5 Å². The van der Waals surface area contributed by atoms with Crippen LogP contribution in [0.4, 0.5) is 20.2 Å². The molecule has 16 aliphatic rings. The van der Waals surface area contributed by atoms with E-state index in [0.717, 1.165) is 167 Å². The molecule has 19 rings (SSSR count). The molecule has 7 heteroatoms. The molecule has 0 spiro atoms.